The Morgan fingerprint density at radius 1 is 1.08 bits per heavy atom. The van der Waals surface area contributed by atoms with Crippen molar-refractivity contribution in [1.82, 2.24) is 19.4 Å². The average molecular weight is 533 g/mol. The Balaban J connectivity index is 1.20. The van der Waals surface area contributed by atoms with Gasteiger partial charge in [0.05, 0.1) is 24.1 Å². The van der Waals surface area contributed by atoms with Crippen molar-refractivity contribution in [3.8, 4) is 5.75 Å². The summed E-state index contributed by atoms with van der Waals surface area (Å²) in [7, 11) is 3.22. The number of rotatable bonds is 6. The number of halogens is 3. The molecule has 2 saturated heterocycles. The van der Waals surface area contributed by atoms with Crippen molar-refractivity contribution in [3.05, 3.63) is 64.1 Å². The number of hydrogen-bond donors (Lipinski definition) is 1. The van der Waals surface area contributed by atoms with Crippen molar-refractivity contribution in [2.24, 2.45) is 13.0 Å². The van der Waals surface area contributed by atoms with Gasteiger partial charge in [0.15, 0.2) is 0 Å². The number of ether oxygens (including phenoxy) is 2. The normalized spacial score (nSPS) is 21.2. The summed E-state index contributed by atoms with van der Waals surface area (Å²) in [6.45, 7) is 1.56. The number of aryl methyl sites for hydroxylation is 2. The quantitative estimate of drug-likeness (QED) is 0.527. The van der Waals surface area contributed by atoms with Crippen molar-refractivity contribution in [2.75, 3.05) is 33.3 Å². The lowest BCUT2D eigenvalue weighted by Gasteiger charge is -2.28. The van der Waals surface area contributed by atoms with Crippen LogP contribution in [0.3, 0.4) is 0 Å². The number of aromatic amines is 1. The fourth-order valence-electron chi connectivity index (χ4n) is 5.45. The third-order valence-electron chi connectivity index (χ3n) is 7.53. The Labute approximate surface area is 215 Å². The molecule has 0 unspecified atom stereocenters. The Morgan fingerprint density at radius 2 is 1.76 bits per heavy atom. The third kappa shape index (κ3) is 4.87. The van der Waals surface area contributed by atoms with Crippen LogP contribution >= 0.6 is 0 Å². The predicted octanol–water partition coefficient (Wildman–Crippen LogP) is 2.70. The number of alkyl halides is 3. The largest absolute Gasteiger partial charge is 0.573 e. The lowest BCUT2D eigenvalue weighted by molar-refractivity contribution is -0.274. The molecule has 2 amide bonds. The van der Waals surface area contributed by atoms with E-state index in [0.717, 1.165) is 5.56 Å². The van der Waals surface area contributed by atoms with Crippen LogP contribution in [0.4, 0.5) is 13.2 Å². The first-order valence-corrected chi connectivity index (χ1v) is 12.1. The van der Waals surface area contributed by atoms with E-state index in [4.69, 9.17) is 4.74 Å². The molecule has 3 aromatic rings. The number of benzene rings is 2. The van der Waals surface area contributed by atoms with E-state index in [1.54, 1.807) is 42.2 Å². The molecule has 202 valence electrons. The molecule has 0 bridgehead atoms. The van der Waals surface area contributed by atoms with Gasteiger partial charge >= 0.3 is 12.1 Å². The number of aromatic nitrogens is 2. The minimum Gasteiger partial charge on any atom is -0.406 e. The zero-order valence-corrected chi connectivity index (χ0v) is 20.9. The molecular weight excluding hydrogens is 505 g/mol. The first kappa shape index (κ1) is 25.8. The van der Waals surface area contributed by atoms with E-state index in [1.165, 1.54) is 28.8 Å². The van der Waals surface area contributed by atoms with E-state index in [-0.39, 0.29) is 35.6 Å². The molecule has 2 aliphatic rings. The fraction of sp³-hybridized carbons (Fsp3) is 0.423. The molecule has 0 radical (unpaired) electrons. The second-order valence-electron chi connectivity index (χ2n) is 9.84. The monoisotopic (exact) mass is 532 g/mol. The molecule has 2 aliphatic heterocycles. The highest BCUT2D eigenvalue weighted by Crippen LogP contribution is 2.38. The van der Waals surface area contributed by atoms with Gasteiger partial charge in [0.2, 0.25) is 5.91 Å². The van der Waals surface area contributed by atoms with Gasteiger partial charge in [0, 0.05) is 45.1 Å². The molecule has 1 aromatic heterocycles. The lowest BCUT2D eigenvalue weighted by Crippen LogP contribution is -2.44. The number of nitrogens with one attached hydrogen (secondary N) is 1. The Morgan fingerprint density at radius 3 is 2.42 bits per heavy atom. The van der Waals surface area contributed by atoms with Crippen LogP contribution in [0.1, 0.15) is 22.3 Å². The Hall–Kier alpha value is -3.80. The van der Waals surface area contributed by atoms with Crippen LogP contribution in [0, 0.1) is 5.92 Å². The first-order valence-electron chi connectivity index (χ1n) is 12.1. The second kappa shape index (κ2) is 9.50. The molecule has 0 spiro atoms. The first-order chi connectivity index (χ1) is 18.0. The highest BCUT2D eigenvalue weighted by atomic mass is 19.4. The number of H-pyrrole nitrogens is 1. The number of fused-ring (bicyclic) bond motifs is 2. The summed E-state index contributed by atoms with van der Waals surface area (Å²) in [4.78, 5) is 44.3. The van der Waals surface area contributed by atoms with Crippen molar-refractivity contribution in [3.63, 3.8) is 0 Å². The van der Waals surface area contributed by atoms with Crippen molar-refractivity contribution in [1.29, 1.82) is 0 Å². The van der Waals surface area contributed by atoms with Crippen LogP contribution in [-0.2, 0) is 23.0 Å². The predicted molar refractivity (Wildman–Crippen MR) is 131 cm³/mol. The number of methoxy groups -OCH3 is 1. The van der Waals surface area contributed by atoms with Gasteiger partial charge in [-0.25, -0.2) is 4.79 Å². The Bertz CT molecular complexity index is 1430. The van der Waals surface area contributed by atoms with Crippen LogP contribution in [0.25, 0.3) is 11.0 Å². The fourth-order valence-corrected chi connectivity index (χ4v) is 5.45. The number of hydrogen-bond acceptors (Lipinski definition) is 5. The molecule has 12 heteroatoms. The van der Waals surface area contributed by atoms with Crippen LogP contribution in [-0.4, -0.2) is 76.4 Å². The zero-order valence-electron chi connectivity index (χ0n) is 20.9. The van der Waals surface area contributed by atoms with Gasteiger partial charge in [-0.1, -0.05) is 12.1 Å². The molecular formula is C26H27F3N4O5. The van der Waals surface area contributed by atoms with Gasteiger partial charge in [0.25, 0.3) is 5.91 Å². The standard InChI is InChI=1S/C26H27F3N4O5/c1-31-21-11-17(6-9-20(21)30-24(31)36)23(35)33-13-18-12-32(14-25(18,15-33)37-2)22(34)10-5-16-3-7-19(8-4-16)38-26(27,28)29/h3-4,6-9,11,18H,5,10,12-15H2,1-2H3,(H,30,36)/t18-,25+/m0/s1. The maximum atomic E-state index is 13.3. The van der Waals surface area contributed by atoms with Crippen LogP contribution in [0.5, 0.6) is 5.75 Å². The zero-order chi connectivity index (χ0) is 27.2. The molecule has 9 nitrogen and oxygen atoms in total. The number of amides is 2. The summed E-state index contributed by atoms with van der Waals surface area (Å²) in [6, 6.07) is 10.6. The molecule has 1 N–H and O–H groups in total. The number of carbonyl (C=O) groups excluding carboxylic acids is 2. The van der Waals surface area contributed by atoms with Gasteiger partial charge in [-0.05, 0) is 42.3 Å². The van der Waals surface area contributed by atoms with E-state index in [0.29, 0.717) is 49.2 Å². The van der Waals surface area contributed by atoms with Gasteiger partial charge in [0.1, 0.15) is 11.4 Å². The number of carbonyl (C=O) groups is 2. The topological polar surface area (TPSA) is 96.9 Å². The summed E-state index contributed by atoms with van der Waals surface area (Å²) in [6.07, 6.45) is -4.18. The summed E-state index contributed by atoms with van der Waals surface area (Å²) < 4.78 is 48.2. The van der Waals surface area contributed by atoms with Crippen molar-refractivity contribution < 1.29 is 32.2 Å². The summed E-state index contributed by atoms with van der Waals surface area (Å²) in [5.74, 6) is -0.608. The smallest absolute Gasteiger partial charge is 0.406 e. The minimum absolute atomic E-state index is 0.0560. The molecule has 2 atom stereocenters. The molecule has 5 rings (SSSR count). The van der Waals surface area contributed by atoms with Crippen molar-refractivity contribution in [2.45, 2.75) is 24.8 Å². The summed E-state index contributed by atoms with van der Waals surface area (Å²) in [5.41, 5.74) is 1.56. The molecule has 0 aliphatic carbocycles. The third-order valence-corrected chi connectivity index (χ3v) is 7.53. The highest BCUT2D eigenvalue weighted by Gasteiger charge is 2.55. The summed E-state index contributed by atoms with van der Waals surface area (Å²) >= 11 is 0. The van der Waals surface area contributed by atoms with Gasteiger partial charge < -0.3 is 24.3 Å². The van der Waals surface area contributed by atoms with Crippen LogP contribution in [0.15, 0.2) is 47.3 Å². The van der Waals surface area contributed by atoms with Gasteiger partial charge in [-0.3, -0.25) is 14.2 Å². The number of nitrogens with zero attached hydrogens (tertiary/aromatic N) is 3. The van der Waals surface area contributed by atoms with E-state index in [9.17, 15) is 27.6 Å². The Kier molecular flexibility index (Phi) is 6.46. The second-order valence-corrected chi connectivity index (χ2v) is 9.84. The van der Waals surface area contributed by atoms with E-state index in [1.807, 2.05) is 0 Å². The molecule has 38 heavy (non-hydrogen) atoms. The van der Waals surface area contributed by atoms with Gasteiger partial charge in [-0.15, -0.1) is 13.2 Å². The average Bonchev–Trinajstić information content (AvgIpc) is 3.50. The van der Waals surface area contributed by atoms with Crippen LogP contribution < -0.4 is 10.4 Å². The maximum absolute atomic E-state index is 13.3. The van der Waals surface area contributed by atoms with Crippen LogP contribution in [0.2, 0.25) is 0 Å². The minimum atomic E-state index is -4.75. The molecule has 0 saturated carbocycles. The SMILES string of the molecule is CO[C@@]12CN(C(=O)CCc3ccc(OC(F)(F)F)cc3)C[C@H]1CN(C(=O)c1ccc3[nH]c(=O)n(C)c3c1)C2. The highest BCUT2D eigenvalue weighted by molar-refractivity contribution is 5.97. The lowest BCUT2D eigenvalue weighted by atomic mass is 9.95. The molecule has 2 aromatic carbocycles. The molecule has 3 heterocycles. The van der Waals surface area contributed by atoms with Crippen molar-refractivity contribution >= 4 is 22.8 Å². The number of likely N-dealkylation sites (tertiary alicyclic amines) is 2. The maximum Gasteiger partial charge on any atom is 0.573 e. The molecule has 2 fully saturated rings. The van der Waals surface area contributed by atoms with E-state index in [2.05, 4.69) is 9.72 Å². The van der Waals surface area contributed by atoms with Gasteiger partial charge in [-0.2, -0.15) is 0 Å². The summed E-state index contributed by atoms with van der Waals surface area (Å²) in [5, 5.41) is 0. The van der Waals surface area contributed by atoms with E-state index >= 15 is 0 Å². The number of imidazole rings is 1. The van der Waals surface area contributed by atoms with E-state index < -0.39 is 12.0 Å².